The number of phenols is 1. The summed E-state index contributed by atoms with van der Waals surface area (Å²) in [5.41, 5.74) is 1.93. The van der Waals surface area contributed by atoms with Crippen molar-refractivity contribution in [3.8, 4) is 11.5 Å². The highest BCUT2D eigenvalue weighted by Crippen LogP contribution is 2.30. The molecular weight excluding hydrogens is 274 g/mol. The quantitative estimate of drug-likeness (QED) is 0.786. The Morgan fingerprint density at radius 2 is 2.00 bits per heavy atom. The lowest BCUT2D eigenvalue weighted by atomic mass is 10.1. The Hall–Kier alpha value is -2.13. The highest BCUT2D eigenvalue weighted by atomic mass is 35.5. The van der Waals surface area contributed by atoms with E-state index in [0.29, 0.717) is 17.4 Å². The van der Waals surface area contributed by atoms with E-state index in [4.69, 9.17) is 16.3 Å². The van der Waals surface area contributed by atoms with Crippen molar-refractivity contribution in [3.05, 3.63) is 59.2 Å². The molecule has 0 radical (unpaired) electrons. The minimum Gasteiger partial charge on any atom is -0.507 e. The fourth-order valence-electron chi connectivity index (χ4n) is 2.35. The van der Waals surface area contributed by atoms with Crippen LogP contribution in [0.1, 0.15) is 5.56 Å². The Labute approximate surface area is 122 Å². The van der Waals surface area contributed by atoms with Gasteiger partial charge in [0.05, 0.1) is 5.52 Å². The van der Waals surface area contributed by atoms with Gasteiger partial charge in [0.25, 0.3) is 0 Å². The number of aromatic nitrogens is 1. The number of aromatic hydroxyl groups is 1. The van der Waals surface area contributed by atoms with E-state index < -0.39 is 0 Å². The molecule has 3 nitrogen and oxygen atoms in total. The Balaban J connectivity index is 1.92. The summed E-state index contributed by atoms with van der Waals surface area (Å²) in [5.74, 6) is 0.984. The molecule has 0 saturated carbocycles. The number of nitrogens with zero attached hydrogens (tertiary/aromatic N) is 1. The van der Waals surface area contributed by atoms with Gasteiger partial charge in [-0.3, -0.25) is 0 Å². The summed E-state index contributed by atoms with van der Waals surface area (Å²) >= 11 is 5.93. The lowest BCUT2D eigenvalue weighted by Gasteiger charge is -2.06. The molecule has 3 aromatic rings. The van der Waals surface area contributed by atoms with E-state index in [2.05, 4.69) is 0 Å². The second-order valence-electron chi connectivity index (χ2n) is 4.68. The summed E-state index contributed by atoms with van der Waals surface area (Å²) in [4.78, 5) is 0. The fourth-order valence-corrected chi connectivity index (χ4v) is 2.53. The van der Waals surface area contributed by atoms with Crippen LogP contribution in [0.3, 0.4) is 0 Å². The van der Waals surface area contributed by atoms with Crippen LogP contribution in [0.15, 0.2) is 48.7 Å². The highest BCUT2D eigenvalue weighted by Gasteiger charge is 2.10. The molecule has 1 N–H and O–H groups in total. The molecule has 1 heterocycles. The van der Waals surface area contributed by atoms with Crippen LogP contribution < -0.4 is 4.74 Å². The van der Waals surface area contributed by atoms with Gasteiger partial charge >= 0.3 is 0 Å². The summed E-state index contributed by atoms with van der Waals surface area (Å²) < 4.78 is 7.72. The summed E-state index contributed by atoms with van der Waals surface area (Å²) in [6, 6.07) is 12.8. The van der Waals surface area contributed by atoms with Crippen LogP contribution in [0.2, 0.25) is 5.02 Å². The lowest BCUT2D eigenvalue weighted by molar-refractivity contribution is 0.307. The van der Waals surface area contributed by atoms with Gasteiger partial charge < -0.3 is 14.4 Å². The number of aryl methyl sites for hydroxylation is 1. The maximum absolute atomic E-state index is 10.0. The van der Waals surface area contributed by atoms with Crippen LogP contribution in [0.5, 0.6) is 11.5 Å². The van der Waals surface area contributed by atoms with Crippen LogP contribution in [-0.2, 0) is 13.7 Å². The Bertz CT molecular complexity index is 764. The molecule has 3 rings (SSSR count). The van der Waals surface area contributed by atoms with Crippen molar-refractivity contribution >= 4 is 22.5 Å². The van der Waals surface area contributed by atoms with Crippen molar-refractivity contribution in [2.24, 2.45) is 7.05 Å². The second kappa shape index (κ2) is 5.10. The third-order valence-corrected chi connectivity index (χ3v) is 3.50. The van der Waals surface area contributed by atoms with Gasteiger partial charge in [-0.25, -0.2) is 0 Å². The molecule has 20 heavy (non-hydrogen) atoms. The zero-order chi connectivity index (χ0) is 14.1. The molecule has 0 aliphatic rings. The lowest BCUT2D eigenvalue weighted by Crippen LogP contribution is -1.94. The van der Waals surface area contributed by atoms with E-state index >= 15 is 0 Å². The molecule has 102 valence electrons. The Morgan fingerprint density at radius 1 is 1.20 bits per heavy atom. The predicted molar refractivity (Wildman–Crippen MR) is 80.4 cm³/mol. The minimum absolute atomic E-state index is 0.271. The summed E-state index contributed by atoms with van der Waals surface area (Å²) in [6.07, 6.45) is 1.97. The second-order valence-corrected chi connectivity index (χ2v) is 5.12. The van der Waals surface area contributed by atoms with Crippen LogP contribution in [0.25, 0.3) is 10.9 Å². The zero-order valence-corrected chi connectivity index (χ0v) is 11.8. The maximum Gasteiger partial charge on any atom is 0.125 e. The third kappa shape index (κ3) is 2.32. The first-order valence-corrected chi connectivity index (χ1v) is 6.67. The topological polar surface area (TPSA) is 34.4 Å². The van der Waals surface area contributed by atoms with Gasteiger partial charge in [-0.1, -0.05) is 23.7 Å². The molecule has 0 spiro atoms. The standard InChI is InChI=1S/C16H14ClNO2/c1-18-9-11(16-14(18)6-3-7-15(16)19)10-20-13-5-2-4-12(17)8-13/h2-9,19H,10H2,1H3. The smallest absolute Gasteiger partial charge is 0.125 e. The van der Waals surface area contributed by atoms with Crippen LogP contribution in [0, 0.1) is 0 Å². The molecule has 4 heteroatoms. The SMILES string of the molecule is Cn1cc(COc2cccc(Cl)c2)c2c(O)cccc21. The molecule has 0 amide bonds. The van der Waals surface area contributed by atoms with Crippen molar-refractivity contribution in [2.45, 2.75) is 6.61 Å². The Kier molecular flexibility index (Phi) is 3.28. The molecule has 0 atom stereocenters. The molecule has 0 bridgehead atoms. The van der Waals surface area contributed by atoms with Crippen molar-refractivity contribution in [3.63, 3.8) is 0 Å². The van der Waals surface area contributed by atoms with Crippen LogP contribution in [-0.4, -0.2) is 9.67 Å². The van der Waals surface area contributed by atoms with E-state index in [1.54, 1.807) is 18.2 Å². The number of rotatable bonds is 3. The molecule has 0 aliphatic heterocycles. The van der Waals surface area contributed by atoms with E-state index in [1.165, 1.54) is 0 Å². The van der Waals surface area contributed by atoms with E-state index in [1.807, 2.05) is 42.1 Å². The summed E-state index contributed by atoms with van der Waals surface area (Å²) in [5, 5.41) is 11.5. The largest absolute Gasteiger partial charge is 0.507 e. The molecule has 1 aromatic heterocycles. The predicted octanol–water partition coefficient (Wildman–Crippen LogP) is 4.12. The van der Waals surface area contributed by atoms with Crippen LogP contribution in [0.4, 0.5) is 0 Å². The average Bonchev–Trinajstić information content (AvgIpc) is 2.75. The average molecular weight is 288 g/mol. The van der Waals surface area contributed by atoms with Crippen molar-refractivity contribution in [2.75, 3.05) is 0 Å². The van der Waals surface area contributed by atoms with Gasteiger partial charge in [0.1, 0.15) is 18.1 Å². The number of hydrogen-bond donors (Lipinski definition) is 1. The van der Waals surface area contributed by atoms with Gasteiger partial charge in [-0.05, 0) is 30.3 Å². The molecular formula is C16H14ClNO2. The van der Waals surface area contributed by atoms with Crippen LogP contribution >= 0.6 is 11.6 Å². The van der Waals surface area contributed by atoms with E-state index in [0.717, 1.165) is 16.5 Å². The van der Waals surface area contributed by atoms with E-state index in [9.17, 15) is 5.11 Å². The van der Waals surface area contributed by atoms with Gasteiger partial charge in [-0.15, -0.1) is 0 Å². The van der Waals surface area contributed by atoms with E-state index in [-0.39, 0.29) is 5.75 Å². The van der Waals surface area contributed by atoms with Gasteiger partial charge in [0.15, 0.2) is 0 Å². The zero-order valence-electron chi connectivity index (χ0n) is 11.0. The summed E-state index contributed by atoms with van der Waals surface area (Å²) in [7, 11) is 1.95. The normalized spacial score (nSPS) is 10.9. The van der Waals surface area contributed by atoms with Crippen molar-refractivity contribution in [1.29, 1.82) is 0 Å². The van der Waals surface area contributed by atoms with Gasteiger partial charge in [0.2, 0.25) is 0 Å². The third-order valence-electron chi connectivity index (χ3n) is 3.26. The Morgan fingerprint density at radius 3 is 2.80 bits per heavy atom. The number of ether oxygens (including phenoxy) is 1. The van der Waals surface area contributed by atoms with Gasteiger partial charge in [0, 0.05) is 29.2 Å². The fraction of sp³-hybridized carbons (Fsp3) is 0.125. The number of hydrogen-bond acceptors (Lipinski definition) is 2. The first-order chi connectivity index (χ1) is 9.65. The number of benzene rings is 2. The monoisotopic (exact) mass is 287 g/mol. The molecule has 0 saturated heterocycles. The van der Waals surface area contributed by atoms with Crippen molar-refractivity contribution in [1.82, 2.24) is 4.57 Å². The highest BCUT2D eigenvalue weighted by molar-refractivity contribution is 6.30. The number of fused-ring (bicyclic) bond motifs is 1. The minimum atomic E-state index is 0.271. The molecule has 0 aliphatic carbocycles. The number of halogens is 1. The maximum atomic E-state index is 10.0. The first kappa shape index (κ1) is 12.9. The van der Waals surface area contributed by atoms with Gasteiger partial charge in [-0.2, -0.15) is 0 Å². The number of phenolic OH excluding ortho intramolecular Hbond substituents is 1. The molecule has 0 fully saturated rings. The molecule has 0 unspecified atom stereocenters. The van der Waals surface area contributed by atoms with Crippen molar-refractivity contribution < 1.29 is 9.84 Å². The molecule has 2 aromatic carbocycles. The first-order valence-electron chi connectivity index (χ1n) is 6.29. The summed E-state index contributed by atoms with van der Waals surface area (Å²) in [6.45, 7) is 0.384.